The van der Waals surface area contributed by atoms with Crippen LogP contribution in [0.25, 0.3) is 0 Å². The van der Waals surface area contributed by atoms with E-state index in [2.05, 4.69) is 15.9 Å². The van der Waals surface area contributed by atoms with Crippen LogP contribution in [-0.4, -0.2) is 28.7 Å². The summed E-state index contributed by atoms with van der Waals surface area (Å²) in [5.74, 6) is 1.47. The molecule has 2 aromatic rings. The number of hydrogen-bond donors (Lipinski definition) is 2. The van der Waals surface area contributed by atoms with E-state index in [0.29, 0.717) is 5.75 Å². The van der Waals surface area contributed by atoms with Gasteiger partial charge in [-0.15, -0.1) is 11.8 Å². The van der Waals surface area contributed by atoms with Gasteiger partial charge in [-0.1, -0.05) is 28.1 Å². The van der Waals surface area contributed by atoms with E-state index in [9.17, 15) is 10.2 Å². The van der Waals surface area contributed by atoms with Crippen LogP contribution in [0.5, 0.6) is 11.5 Å². The van der Waals surface area contributed by atoms with E-state index < -0.39 is 6.10 Å². The van der Waals surface area contributed by atoms with E-state index >= 15 is 0 Å². The first-order valence-electron chi connectivity index (χ1n) is 6.12. The molecule has 0 aromatic heterocycles. The van der Waals surface area contributed by atoms with Crippen LogP contribution < -0.4 is 4.74 Å². The molecule has 0 aliphatic carbocycles. The van der Waals surface area contributed by atoms with E-state index in [1.807, 2.05) is 30.3 Å². The lowest BCUT2D eigenvalue weighted by Crippen LogP contribution is -2.20. The zero-order valence-electron chi connectivity index (χ0n) is 10.7. The number of benzene rings is 2. The third-order valence-electron chi connectivity index (χ3n) is 2.50. The van der Waals surface area contributed by atoms with Crippen molar-refractivity contribution >= 4 is 27.7 Å². The van der Waals surface area contributed by atoms with Crippen LogP contribution in [0.15, 0.2) is 57.9 Å². The highest BCUT2D eigenvalue weighted by atomic mass is 79.9. The lowest BCUT2D eigenvalue weighted by atomic mass is 10.3. The van der Waals surface area contributed by atoms with Gasteiger partial charge in [-0.3, -0.25) is 0 Å². The Balaban J connectivity index is 1.77. The van der Waals surface area contributed by atoms with Crippen LogP contribution in [-0.2, 0) is 0 Å². The SMILES string of the molecule is Oc1cccc(SCC(O)COc2cccc(Br)c2)c1. The number of hydrogen-bond acceptors (Lipinski definition) is 4. The molecule has 1 atom stereocenters. The van der Waals surface area contributed by atoms with Crippen molar-refractivity contribution in [2.24, 2.45) is 0 Å². The minimum Gasteiger partial charge on any atom is -0.508 e. The van der Waals surface area contributed by atoms with Crippen molar-refractivity contribution in [1.29, 1.82) is 0 Å². The summed E-state index contributed by atoms with van der Waals surface area (Å²) >= 11 is 4.85. The second kappa shape index (κ2) is 7.57. The van der Waals surface area contributed by atoms with Gasteiger partial charge in [0.05, 0.1) is 6.10 Å². The van der Waals surface area contributed by atoms with Crippen molar-refractivity contribution in [1.82, 2.24) is 0 Å². The molecule has 0 fully saturated rings. The molecule has 2 rings (SSSR count). The van der Waals surface area contributed by atoms with Gasteiger partial charge in [-0.05, 0) is 36.4 Å². The van der Waals surface area contributed by atoms with Crippen LogP contribution in [0.3, 0.4) is 0 Å². The smallest absolute Gasteiger partial charge is 0.120 e. The number of phenols is 1. The highest BCUT2D eigenvalue weighted by Crippen LogP contribution is 2.23. The fourth-order valence-electron chi connectivity index (χ4n) is 1.56. The summed E-state index contributed by atoms with van der Waals surface area (Å²) in [5.41, 5.74) is 0. The third-order valence-corrected chi connectivity index (χ3v) is 4.13. The molecule has 5 heteroatoms. The molecule has 0 aliphatic rings. The van der Waals surface area contributed by atoms with Gasteiger partial charge in [-0.25, -0.2) is 0 Å². The quantitative estimate of drug-likeness (QED) is 0.776. The van der Waals surface area contributed by atoms with Gasteiger partial charge in [0.25, 0.3) is 0 Å². The summed E-state index contributed by atoms with van der Waals surface area (Å²) in [6.45, 7) is 0.238. The molecule has 0 bridgehead atoms. The molecule has 3 nitrogen and oxygen atoms in total. The summed E-state index contributed by atoms with van der Waals surface area (Å²) in [6.07, 6.45) is -0.568. The maximum atomic E-state index is 9.89. The zero-order valence-corrected chi connectivity index (χ0v) is 13.1. The molecular formula is C15H15BrO3S. The van der Waals surface area contributed by atoms with Crippen molar-refractivity contribution in [2.75, 3.05) is 12.4 Å². The molecule has 0 saturated carbocycles. The predicted molar refractivity (Wildman–Crippen MR) is 84.5 cm³/mol. The molecule has 1 unspecified atom stereocenters. The van der Waals surface area contributed by atoms with Crippen LogP contribution >= 0.6 is 27.7 Å². The standard InChI is InChI=1S/C15H15BrO3S/c16-11-3-1-5-14(7-11)19-9-13(18)10-20-15-6-2-4-12(17)8-15/h1-8,13,17-18H,9-10H2. The largest absolute Gasteiger partial charge is 0.508 e. The van der Waals surface area contributed by atoms with Crippen molar-refractivity contribution in [2.45, 2.75) is 11.0 Å². The van der Waals surface area contributed by atoms with E-state index in [-0.39, 0.29) is 12.4 Å². The molecule has 0 aliphatic heterocycles. The van der Waals surface area contributed by atoms with E-state index in [4.69, 9.17) is 4.74 Å². The molecule has 0 saturated heterocycles. The molecule has 0 radical (unpaired) electrons. The minimum atomic E-state index is -0.568. The Morgan fingerprint density at radius 1 is 1.15 bits per heavy atom. The van der Waals surface area contributed by atoms with Crippen molar-refractivity contribution in [3.05, 3.63) is 53.0 Å². The Bertz CT molecular complexity index is 513. The Labute approximate surface area is 130 Å². The highest BCUT2D eigenvalue weighted by Gasteiger charge is 2.07. The number of phenolic OH excluding ortho intramolecular Hbond substituents is 1. The second-order valence-electron chi connectivity index (χ2n) is 4.23. The Morgan fingerprint density at radius 3 is 2.70 bits per heavy atom. The van der Waals surface area contributed by atoms with Gasteiger partial charge >= 0.3 is 0 Å². The number of aliphatic hydroxyl groups excluding tert-OH is 1. The molecular weight excluding hydrogens is 340 g/mol. The average Bonchev–Trinajstić information content (AvgIpc) is 2.43. The summed E-state index contributed by atoms with van der Waals surface area (Å²) in [7, 11) is 0. The summed E-state index contributed by atoms with van der Waals surface area (Å²) in [5, 5.41) is 19.2. The second-order valence-corrected chi connectivity index (χ2v) is 6.24. The normalized spacial score (nSPS) is 12.1. The van der Waals surface area contributed by atoms with Crippen molar-refractivity contribution in [3.8, 4) is 11.5 Å². The van der Waals surface area contributed by atoms with Gasteiger partial charge < -0.3 is 14.9 Å². The Kier molecular flexibility index (Phi) is 5.76. The zero-order chi connectivity index (χ0) is 14.4. The summed E-state index contributed by atoms with van der Waals surface area (Å²) < 4.78 is 6.46. The first-order valence-corrected chi connectivity index (χ1v) is 7.89. The summed E-state index contributed by atoms with van der Waals surface area (Å²) in [4.78, 5) is 0.923. The van der Waals surface area contributed by atoms with Gasteiger partial charge in [0.2, 0.25) is 0 Å². The van der Waals surface area contributed by atoms with Crippen LogP contribution in [0, 0.1) is 0 Å². The van der Waals surface area contributed by atoms with Gasteiger partial charge in [0.15, 0.2) is 0 Å². The van der Waals surface area contributed by atoms with Crippen molar-refractivity contribution < 1.29 is 14.9 Å². The minimum absolute atomic E-state index is 0.231. The fourth-order valence-corrected chi connectivity index (χ4v) is 2.80. The highest BCUT2D eigenvalue weighted by molar-refractivity contribution is 9.10. The maximum Gasteiger partial charge on any atom is 0.120 e. The van der Waals surface area contributed by atoms with Gasteiger partial charge in [-0.2, -0.15) is 0 Å². The fraction of sp³-hybridized carbons (Fsp3) is 0.200. The van der Waals surface area contributed by atoms with E-state index in [0.717, 1.165) is 15.1 Å². The van der Waals surface area contributed by atoms with E-state index in [1.54, 1.807) is 18.2 Å². The van der Waals surface area contributed by atoms with Gasteiger partial charge in [0, 0.05) is 15.1 Å². The predicted octanol–water partition coefficient (Wildman–Crippen LogP) is 3.69. The molecule has 106 valence electrons. The number of aliphatic hydroxyl groups is 1. The van der Waals surface area contributed by atoms with Gasteiger partial charge in [0.1, 0.15) is 18.1 Å². The average molecular weight is 355 g/mol. The summed E-state index contributed by atoms with van der Waals surface area (Å²) in [6, 6.07) is 14.5. The number of thioether (sulfide) groups is 1. The lowest BCUT2D eigenvalue weighted by molar-refractivity contribution is 0.126. The molecule has 2 N–H and O–H groups in total. The van der Waals surface area contributed by atoms with Crippen LogP contribution in [0.4, 0.5) is 0 Å². The Hall–Kier alpha value is -1.17. The molecule has 0 amide bonds. The third kappa shape index (κ3) is 5.07. The molecule has 2 aromatic carbocycles. The molecule has 20 heavy (non-hydrogen) atoms. The topological polar surface area (TPSA) is 49.7 Å². The molecule has 0 heterocycles. The maximum absolute atomic E-state index is 9.89. The van der Waals surface area contributed by atoms with Crippen LogP contribution in [0.1, 0.15) is 0 Å². The lowest BCUT2D eigenvalue weighted by Gasteiger charge is -2.12. The first-order chi connectivity index (χ1) is 9.63. The number of ether oxygens (including phenoxy) is 1. The Morgan fingerprint density at radius 2 is 1.95 bits per heavy atom. The van der Waals surface area contributed by atoms with E-state index in [1.165, 1.54) is 11.8 Å². The van der Waals surface area contributed by atoms with Crippen LogP contribution in [0.2, 0.25) is 0 Å². The monoisotopic (exact) mass is 354 g/mol. The first kappa shape index (κ1) is 15.2. The number of aromatic hydroxyl groups is 1. The number of halogens is 1. The molecule has 0 spiro atoms. The number of rotatable bonds is 6. The van der Waals surface area contributed by atoms with Crippen molar-refractivity contribution in [3.63, 3.8) is 0 Å².